The predicted molar refractivity (Wildman–Crippen MR) is 105 cm³/mol. The summed E-state index contributed by atoms with van der Waals surface area (Å²) in [5.41, 5.74) is 4.72. The molecule has 5 heteroatoms. The number of aromatic nitrogens is 1. The van der Waals surface area contributed by atoms with Crippen molar-refractivity contribution in [2.24, 2.45) is 0 Å². The van der Waals surface area contributed by atoms with Crippen LogP contribution in [0.25, 0.3) is 10.9 Å². The van der Waals surface area contributed by atoms with Crippen molar-refractivity contribution in [3.8, 4) is 0 Å². The lowest BCUT2D eigenvalue weighted by Gasteiger charge is -2.14. The van der Waals surface area contributed by atoms with Crippen LogP contribution in [-0.2, 0) is 24.3 Å². The van der Waals surface area contributed by atoms with Gasteiger partial charge in [-0.15, -0.1) is 0 Å². The third kappa shape index (κ3) is 3.15. The molecule has 0 N–H and O–H groups in total. The summed E-state index contributed by atoms with van der Waals surface area (Å²) in [6.07, 6.45) is 3.12. The molecule has 1 aliphatic heterocycles. The number of carbonyl (C=O) groups excluding carboxylic acids is 2. The molecule has 0 atom stereocenters. The number of imide groups is 1. The highest BCUT2D eigenvalue weighted by Gasteiger charge is 2.30. The van der Waals surface area contributed by atoms with Gasteiger partial charge in [-0.1, -0.05) is 55.1 Å². The first-order valence-corrected chi connectivity index (χ1v) is 9.76. The molecule has 4 nitrogen and oxygen atoms in total. The van der Waals surface area contributed by atoms with E-state index in [1.54, 1.807) is 0 Å². The van der Waals surface area contributed by atoms with Crippen molar-refractivity contribution in [1.82, 2.24) is 9.47 Å². The molecule has 4 rings (SSSR count). The van der Waals surface area contributed by atoms with Gasteiger partial charge in [0.1, 0.15) is 0 Å². The van der Waals surface area contributed by atoms with E-state index in [0.717, 1.165) is 41.2 Å². The fourth-order valence-corrected chi connectivity index (χ4v) is 4.07. The lowest BCUT2D eigenvalue weighted by Crippen LogP contribution is -2.27. The van der Waals surface area contributed by atoms with Crippen LogP contribution in [0.3, 0.4) is 0 Å². The zero-order valence-corrected chi connectivity index (χ0v) is 15.5. The summed E-state index contributed by atoms with van der Waals surface area (Å²) >= 11 is 1.08. The Labute approximate surface area is 156 Å². The van der Waals surface area contributed by atoms with Gasteiger partial charge in [-0.05, 0) is 35.2 Å². The zero-order chi connectivity index (χ0) is 18.1. The van der Waals surface area contributed by atoms with E-state index in [1.807, 2.05) is 12.1 Å². The molecule has 0 radical (unpaired) electrons. The minimum Gasteiger partial charge on any atom is -0.343 e. The van der Waals surface area contributed by atoms with Crippen LogP contribution in [-0.4, -0.2) is 26.4 Å². The lowest BCUT2D eigenvalue weighted by molar-refractivity contribution is -0.124. The van der Waals surface area contributed by atoms with E-state index in [0.29, 0.717) is 6.54 Å². The minimum atomic E-state index is -0.151. The van der Waals surface area contributed by atoms with Crippen LogP contribution >= 0.6 is 11.8 Å². The number of benzene rings is 2. The van der Waals surface area contributed by atoms with E-state index in [4.69, 9.17) is 0 Å². The highest BCUT2D eigenvalue weighted by Crippen LogP contribution is 2.26. The smallest absolute Gasteiger partial charge is 0.289 e. The average Bonchev–Trinajstić information content (AvgIpc) is 3.21. The van der Waals surface area contributed by atoms with Gasteiger partial charge in [0.05, 0.1) is 12.3 Å². The first-order chi connectivity index (χ1) is 12.7. The molecule has 1 fully saturated rings. The molecule has 1 aliphatic rings. The zero-order valence-electron chi connectivity index (χ0n) is 14.6. The molecule has 0 unspecified atom stereocenters. The van der Waals surface area contributed by atoms with Gasteiger partial charge in [0.2, 0.25) is 5.91 Å². The number of fused-ring (bicyclic) bond motifs is 1. The Kier molecular flexibility index (Phi) is 4.55. The van der Waals surface area contributed by atoms with E-state index in [2.05, 4.69) is 54.1 Å². The second-order valence-electron chi connectivity index (χ2n) is 6.50. The molecular weight excluding hydrogens is 344 g/mol. The molecule has 0 bridgehead atoms. The Morgan fingerprint density at radius 2 is 1.73 bits per heavy atom. The highest BCUT2D eigenvalue weighted by molar-refractivity contribution is 8.14. The first kappa shape index (κ1) is 16.9. The maximum atomic E-state index is 11.9. The monoisotopic (exact) mass is 364 g/mol. The Morgan fingerprint density at radius 1 is 0.962 bits per heavy atom. The van der Waals surface area contributed by atoms with Gasteiger partial charge in [-0.25, -0.2) is 0 Å². The molecule has 3 aromatic rings. The Balaban J connectivity index is 1.62. The summed E-state index contributed by atoms with van der Waals surface area (Å²) in [5.74, 6) is 0.149. The van der Waals surface area contributed by atoms with Crippen LogP contribution < -0.4 is 0 Å². The van der Waals surface area contributed by atoms with Crippen LogP contribution in [0.1, 0.15) is 23.6 Å². The van der Waals surface area contributed by atoms with Crippen LogP contribution in [0.15, 0.2) is 54.7 Å². The van der Waals surface area contributed by atoms with Crippen LogP contribution in [0.4, 0.5) is 4.79 Å². The van der Waals surface area contributed by atoms with E-state index in [1.165, 1.54) is 16.0 Å². The summed E-state index contributed by atoms with van der Waals surface area (Å²) in [6.45, 7) is 3.30. The van der Waals surface area contributed by atoms with E-state index in [9.17, 15) is 9.59 Å². The fourth-order valence-electron chi connectivity index (χ4n) is 3.34. The quantitative estimate of drug-likeness (QED) is 0.672. The minimum absolute atomic E-state index is 0.104. The van der Waals surface area contributed by atoms with Gasteiger partial charge < -0.3 is 4.57 Å². The second kappa shape index (κ2) is 7.00. The number of amides is 2. The van der Waals surface area contributed by atoms with Crippen molar-refractivity contribution in [1.29, 1.82) is 0 Å². The molecule has 0 spiro atoms. The van der Waals surface area contributed by atoms with E-state index in [-0.39, 0.29) is 16.9 Å². The molecule has 1 aromatic heterocycles. The summed E-state index contributed by atoms with van der Waals surface area (Å²) in [5, 5.41) is 0.942. The summed E-state index contributed by atoms with van der Waals surface area (Å²) in [6, 6.07) is 16.8. The van der Waals surface area contributed by atoms with Gasteiger partial charge in [0.25, 0.3) is 5.24 Å². The number of hydrogen-bond donors (Lipinski definition) is 0. The summed E-state index contributed by atoms with van der Waals surface area (Å²) in [4.78, 5) is 25.1. The SMILES string of the molecule is CCc1ccc(Cn2ccc3c(CN4C(=O)CSC4=O)cccc32)cc1. The molecule has 1 saturated heterocycles. The standard InChI is InChI=1S/C21H20N2O2S/c1-2-15-6-8-16(9-7-15)12-22-11-10-18-17(4-3-5-19(18)22)13-23-20(24)14-26-21(23)25/h3-11H,2,12-14H2,1H3. The Morgan fingerprint density at radius 3 is 2.42 bits per heavy atom. The van der Waals surface area contributed by atoms with Crippen molar-refractivity contribution in [3.63, 3.8) is 0 Å². The first-order valence-electron chi connectivity index (χ1n) is 8.77. The predicted octanol–water partition coefficient (Wildman–Crippen LogP) is 4.45. The van der Waals surface area contributed by atoms with Gasteiger partial charge in [0, 0.05) is 23.6 Å². The number of rotatable bonds is 5. The largest absolute Gasteiger partial charge is 0.343 e. The van der Waals surface area contributed by atoms with Crippen LogP contribution in [0.5, 0.6) is 0 Å². The molecule has 0 saturated carbocycles. The average molecular weight is 364 g/mol. The van der Waals surface area contributed by atoms with Gasteiger partial charge in [0.15, 0.2) is 0 Å². The van der Waals surface area contributed by atoms with Gasteiger partial charge in [-0.2, -0.15) is 0 Å². The number of thioether (sulfide) groups is 1. The maximum Gasteiger partial charge on any atom is 0.289 e. The summed E-state index contributed by atoms with van der Waals surface area (Å²) in [7, 11) is 0. The van der Waals surface area contributed by atoms with Crippen molar-refractivity contribution in [2.75, 3.05) is 5.75 Å². The highest BCUT2D eigenvalue weighted by atomic mass is 32.2. The normalized spacial score (nSPS) is 14.6. The van der Waals surface area contributed by atoms with E-state index < -0.39 is 0 Å². The topological polar surface area (TPSA) is 42.3 Å². The maximum absolute atomic E-state index is 11.9. The Bertz CT molecular complexity index is 959. The number of nitrogens with zero attached hydrogens (tertiary/aromatic N) is 2. The molecule has 0 aliphatic carbocycles. The van der Waals surface area contributed by atoms with Gasteiger partial charge >= 0.3 is 0 Å². The van der Waals surface area contributed by atoms with E-state index >= 15 is 0 Å². The van der Waals surface area contributed by atoms with Crippen molar-refractivity contribution >= 4 is 33.8 Å². The second-order valence-corrected chi connectivity index (χ2v) is 7.42. The third-order valence-corrected chi connectivity index (χ3v) is 5.72. The number of carbonyl (C=O) groups is 2. The summed E-state index contributed by atoms with van der Waals surface area (Å²) < 4.78 is 2.21. The lowest BCUT2D eigenvalue weighted by atomic mass is 10.1. The molecule has 2 amide bonds. The third-order valence-electron chi connectivity index (χ3n) is 4.86. The number of aryl methyl sites for hydroxylation is 1. The number of hydrogen-bond acceptors (Lipinski definition) is 3. The molecule has 26 heavy (non-hydrogen) atoms. The molecular formula is C21H20N2O2S. The van der Waals surface area contributed by atoms with Crippen molar-refractivity contribution in [3.05, 3.63) is 71.4 Å². The molecule has 132 valence electrons. The van der Waals surface area contributed by atoms with Crippen LogP contribution in [0, 0.1) is 0 Å². The Hall–Kier alpha value is -2.53. The fraction of sp³-hybridized carbons (Fsp3) is 0.238. The molecule has 2 aromatic carbocycles. The molecule has 2 heterocycles. The van der Waals surface area contributed by atoms with Crippen molar-refractivity contribution < 1.29 is 9.59 Å². The van der Waals surface area contributed by atoms with Crippen molar-refractivity contribution in [2.45, 2.75) is 26.4 Å². The van der Waals surface area contributed by atoms with Gasteiger partial charge in [-0.3, -0.25) is 14.5 Å². The van der Waals surface area contributed by atoms with Crippen LogP contribution in [0.2, 0.25) is 0 Å².